The highest BCUT2D eigenvalue weighted by Crippen LogP contribution is 2.30. The molecule has 1 fully saturated rings. The second-order valence-electron chi connectivity index (χ2n) is 7.93. The third-order valence-electron chi connectivity index (χ3n) is 5.80. The van der Waals surface area contributed by atoms with E-state index in [9.17, 15) is 13.2 Å². The molecular weight excluding hydrogens is 480 g/mol. The predicted molar refractivity (Wildman–Crippen MR) is 137 cm³/mol. The molecule has 1 aromatic heterocycles. The van der Waals surface area contributed by atoms with Gasteiger partial charge in [-0.3, -0.25) is 9.69 Å². The molecule has 0 radical (unpaired) electrons. The Morgan fingerprint density at radius 1 is 1.12 bits per heavy atom. The molecule has 1 aliphatic heterocycles. The lowest BCUT2D eigenvalue weighted by atomic mass is 10.2. The van der Waals surface area contributed by atoms with Gasteiger partial charge < -0.3 is 10.2 Å². The summed E-state index contributed by atoms with van der Waals surface area (Å²) in [7, 11) is -3.33. The lowest BCUT2D eigenvalue weighted by Crippen LogP contribution is -2.48. The number of hydrogen-bond acceptors (Lipinski definition) is 7. The van der Waals surface area contributed by atoms with Gasteiger partial charge in [0.25, 0.3) is 5.91 Å². The highest BCUT2D eigenvalue weighted by molar-refractivity contribution is 7.91. The number of fused-ring (bicyclic) bond motifs is 1. The summed E-state index contributed by atoms with van der Waals surface area (Å²) < 4.78 is 25.3. The number of carbonyl (C=O) groups is 1. The lowest BCUT2D eigenvalue weighted by molar-refractivity contribution is 0.0947. The van der Waals surface area contributed by atoms with Crippen LogP contribution in [0.25, 0.3) is 10.2 Å². The number of aryl methyl sites for hydroxylation is 1. The molecule has 178 valence electrons. The number of piperazine rings is 1. The van der Waals surface area contributed by atoms with Crippen LogP contribution in [-0.4, -0.2) is 69.2 Å². The summed E-state index contributed by atoms with van der Waals surface area (Å²) in [5.41, 5.74) is 2.67. The maximum Gasteiger partial charge on any atom is 0.251 e. The van der Waals surface area contributed by atoms with Crippen molar-refractivity contribution in [2.24, 2.45) is 0 Å². The Bertz CT molecular complexity index is 1220. The number of halogens is 1. The van der Waals surface area contributed by atoms with Crippen molar-refractivity contribution in [3.8, 4) is 0 Å². The minimum absolute atomic E-state index is 0. The number of nitrogens with zero attached hydrogens (tertiary/aromatic N) is 3. The molecular formula is C23H29ClN4O3S2. The molecule has 10 heteroatoms. The molecule has 2 aromatic carbocycles. The molecule has 1 aliphatic rings. The number of para-hydroxylation sites is 1. The van der Waals surface area contributed by atoms with Gasteiger partial charge in [0.2, 0.25) is 0 Å². The highest BCUT2D eigenvalue weighted by Gasteiger charge is 2.20. The van der Waals surface area contributed by atoms with Gasteiger partial charge in [-0.15, -0.1) is 12.4 Å². The second-order valence-corrected chi connectivity index (χ2v) is 11.2. The summed E-state index contributed by atoms with van der Waals surface area (Å²) in [5.74, 6) is -0.234. The van der Waals surface area contributed by atoms with Crippen molar-refractivity contribution in [3.05, 3.63) is 53.6 Å². The van der Waals surface area contributed by atoms with Gasteiger partial charge in [-0.2, -0.15) is 0 Å². The monoisotopic (exact) mass is 508 g/mol. The van der Waals surface area contributed by atoms with E-state index in [1.165, 1.54) is 22.4 Å². The zero-order valence-corrected chi connectivity index (χ0v) is 21.2. The molecule has 0 aliphatic carbocycles. The van der Waals surface area contributed by atoms with Crippen molar-refractivity contribution >= 4 is 54.8 Å². The van der Waals surface area contributed by atoms with Crippen molar-refractivity contribution in [1.82, 2.24) is 15.2 Å². The molecule has 3 aromatic rings. The Morgan fingerprint density at radius 2 is 1.85 bits per heavy atom. The van der Waals surface area contributed by atoms with Gasteiger partial charge in [0.15, 0.2) is 15.0 Å². The van der Waals surface area contributed by atoms with E-state index < -0.39 is 9.84 Å². The smallest absolute Gasteiger partial charge is 0.251 e. The number of amides is 1. The first-order chi connectivity index (χ1) is 15.4. The van der Waals surface area contributed by atoms with Gasteiger partial charge in [-0.05, 0) is 36.8 Å². The summed E-state index contributed by atoms with van der Waals surface area (Å²) in [6.07, 6.45) is 0. The third-order valence-corrected chi connectivity index (χ3v) is 8.61. The minimum atomic E-state index is -3.33. The first-order valence-corrected chi connectivity index (χ1v) is 13.3. The largest absolute Gasteiger partial charge is 0.351 e. The van der Waals surface area contributed by atoms with Gasteiger partial charge in [-0.25, -0.2) is 13.4 Å². The maximum atomic E-state index is 12.5. The van der Waals surface area contributed by atoms with E-state index in [0.717, 1.165) is 43.4 Å². The van der Waals surface area contributed by atoms with Crippen molar-refractivity contribution in [2.45, 2.75) is 18.7 Å². The van der Waals surface area contributed by atoms with Crippen LogP contribution >= 0.6 is 23.7 Å². The second kappa shape index (κ2) is 10.8. The number of rotatable bonds is 7. The first-order valence-electron chi connectivity index (χ1n) is 10.8. The summed E-state index contributed by atoms with van der Waals surface area (Å²) in [4.78, 5) is 22.1. The average Bonchev–Trinajstić information content (AvgIpc) is 3.25. The molecule has 4 rings (SSSR count). The van der Waals surface area contributed by atoms with Crippen molar-refractivity contribution in [2.75, 3.05) is 49.9 Å². The van der Waals surface area contributed by atoms with Crippen LogP contribution in [0, 0.1) is 6.92 Å². The molecule has 0 unspecified atom stereocenters. The van der Waals surface area contributed by atoms with Crippen LogP contribution in [0.4, 0.5) is 5.13 Å². The van der Waals surface area contributed by atoms with Crippen molar-refractivity contribution in [1.29, 1.82) is 0 Å². The number of benzene rings is 2. The van der Waals surface area contributed by atoms with Gasteiger partial charge >= 0.3 is 0 Å². The Morgan fingerprint density at radius 3 is 2.55 bits per heavy atom. The van der Waals surface area contributed by atoms with Crippen LogP contribution in [0.5, 0.6) is 0 Å². The van der Waals surface area contributed by atoms with Gasteiger partial charge in [0.05, 0.1) is 20.9 Å². The minimum Gasteiger partial charge on any atom is -0.351 e. The normalized spacial score (nSPS) is 14.8. The number of thiazole rings is 1. The van der Waals surface area contributed by atoms with E-state index in [0.29, 0.717) is 12.1 Å². The SMILES string of the molecule is CCS(=O)(=O)c1cccc(C(=O)NCCN2CCN(c3nc4c(C)cccc4s3)CC2)c1.Cl. The quantitative estimate of drug-likeness (QED) is 0.527. The Balaban J connectivity index is 0.00000306. The van der Waals surface area contributed by atoms with Gasteiger partial charge in [-0.1, -0.05) is 36.5 Å². The van der Waals surface area contributed by atoms with Gasteiger partial charge in [0, 0.05) is 44.8 Å². The summed E-state index contributed by atoms with van der Waals surface area (Å²) in [5, 5.41) is 3.98. The van der Waals surface area contributed by atoms with Crippen LogP contribution in [0.15, 0.2) is 47.4 Å². The van der Waals surface area contributed by atoms with Crippen LogP contribution in [0.2, 0.25) is 0 Å². The number of carbonyl (C=O) groups excluding carboxylic acids is 1. The molecule has 7 nitrogen and oxygen atoms in total. The topological polar surface area (TPSA) is 82.6 Å². The molecule has 2 heterocycles. The summed E-state index contributed by atoms with van der Waals surface area (Å²) in [6.45, 7) is 8.60. The summed E-state index contributed by atoms with van der Waals surface area (Å²) in [6, 6.07) is 12.5. The lowest BCUT2D eigenvalue weighted by Gasteiger charge is -2.34. The molecule has 33 heavy (non-hydrogen) atoms. The Kier molecular flexibility index (Phi) is 8.33. The third kappa shape index (κ3) is 5.84. The standard InChI is InChI=1S/C23H28N4O3S2.ClH/c1-3-32(29,30)19-8-5-7-18(16-19)22(28)24-10-11-26-12-14-27(15-13-26)23-25-21-17(2)6-4-9-20(21)31-23;/h4-9,16H,3,10-15H2,1-2H3,(H,24,28);1H. The molecule has 1 saturated heterocycles. The average molecular weight is 509 g/mol. The number of hydrogen-bond donors (Lipinski definition) is 1. The van der Waals surface area contributed by atoms with E-state index >= 15 is 0 Å². The maximum absolute atomic E-state index is 12.5. The van der Waals surface area contributed by atoms with Crippen molar-refractivity contribution in [3.63, 3.8) is 0 Å². The molecule has 1 N–H and O–H groups in total. The highest BCUT2D eigenvalue weighted by atomic mass is 35.5. The van der Waals surface area contributed by atoms with E-state index in [1.54, 1.807) is 30.4 Å². The van der Waals surface area contributed by atoms with Crippen LogP contribution in [0.1, 0.15) is 22.8 Å². The zero-order valence-electron chi connectivity index (χ0n) is 18.8. The fourth-order valence-electron chi connectivity index (χ4n) is 3.80. The van der Waals surface area contributed by atoms with E-state index in [4.69, 9.17) is 4.98 Å². The fourth-order valence-corrected chi connectivity index (χ4v) is 5.82. The molecule has 0 saturated carbocycles. The molecule has 1 amide bonds. The fraction of sp³-hybridized carbons (Fsp3) is 0.391. The van der Waals surface area contributed by atoms with E-state index in [-0.39, 0.29) is 29.0 Å². The van der Waals surface area contributed by atoms with E-state index in [2.05, 4.69) is 40.2 Å². The molecule has 0 bridgehead atoms. The molecule has 0 spiro atoms. The van der Waals surface area contributed by atoms with Crippen LogP contribution in [0.3, 0.4) is 0 Å². The number of nitrogens with one attached hydrogen (secondary N) is 1. The van der Waals surface area contributed by atoms with Gasteiger partial charge in [0.1, 0.15) is 0 Å². The van der Waals surface area contributed by atoms with Crippen molar-refractivity contribution < 1.29 is 13.2 Å². The Labute approximate surface area is 205 Å². The van der Waals surface area contributed by atoms with Crippen LogP contribution in [-0.2, 0) is 9.84 Å². The number of anilines is 1. The Hall–Kier alpha value is -2.20. The zero-order chi connectivity index (χ0) is 22.7. The predicted octanol–water partition coefficient (Wildman–Crippen LogP) is 3.37. The summed E-state index contributed by atoms with van der Waals surface area (Å²) >= 11 is 1.74. The van der Waals surface area contributed by atoms with E-state index in [1.807, 2.05) is 0 Å². The van der Waals surface area contributed by atoms with Crippen LogP contribution < -0.4 is 10.2 Å². The number of aromatic nitrogens is 1. The molecule has 0 atom stereocenters. The number of sulfone groups is 1. The first kappa shape index (κ1) is 25.4.